The van der Waals surface area contributed by atoms with Crippen molar-refractivity contribution >= 4 is 40.8 Å². The Kier molecular flexibility index (Phi) is 6.29. The lowest BCUT2D eigenvalue weighted by Gasteiger charge is -2.39. The van der Waals surface area contributed by atoms with Gasteiger partial charge in [-0.3, -0.25) is 0 Å². The standard InChI is InChI=1S/C14H15Cl2NO9/c15-4-1-3(2-5(16)6(4)17)10(12(21)22)25-14-9(20)7(18)8(19)11(26-14)13(23)24/h1-2,7-11,14,18-20H,17H2,(H,21,22)(H,23,24). The minimum atomic E-state index is -1.94. The van der Waals surface area contributed by atoms with Crippen LogP contribution in [-0.4, -0.2) is 68.2 Å². The number of aliphatic hydroxyl groups is 3. The van der Waals surface area contributed by atoms with E-state index in [-0.39, 0.29) is 21.3 Å². The molecule has 1 fully saturated rings. The summed E-state index contributed by atoms with van der Waals surface area (Å²) >= 11 is 11.7. The number of anilines is 1. The average Bonchev–Trinajstić information content (AvgIpc) is 2.56. The molecule has 6 unspecified atom stereocenters. The first-order valence-electron chi connectivity index (χ1n) is 7.09. The zero-order chi connectivity index (χ0) is 19.8. The van der Waals surface area contributed by atoms with Gasteiger partial charge in [0, 0.05) is 0 Å². The van der Waals surface area contributed by atoms with E-state index >= 15 is 0 Å². The van der Waals surface area contributed by atoms with Crippen molar-refractivity contribution in [3.05, 3.63) is 27.7 Å². The van der Waals surface area contributed by atoms with Crippen molar-refractivity contribution in [1.29, 1.82) is 0 Å². The normalized spacial score (nSPS) is 30.0. The Morgan fingerprint density at radius 1 is 1.08 bits per heavy atom. The van der Waals surface area contributed by atoms with Crippen LogP contribution in [-0.2, 0) is 19.1 Å². The van der Waals surface area contributed by atoms with Crippen molar-refractivity contribution in [3.8, 4) is 0 Å². The number of halogens is 2. The predicted molar refractivity (Wildman–Crippen MR) is 86.7 cm³/mol. The average molecular weight is 412 g/mol. The minimum Gasteiger partial charge on any atom is -0.479 e. The molecule has 10 nitrogen and oxygen atoms in total. The third-order valence-corrected chi connectivity index (χ3v) is 4.34. The maximum Gasteiger partial charge on any atom is 0.337 e. The van der Waals surface area contributed by atoms with Gasteiger partial charge < -0.3 is 40.7 Å². The van der Waals surface area contributed by atoms with Crippen LogP contribution in [0.5, 0.6) is 0 Å². The summed E-state index contributed by atoms with van der Waals surface area (Å²) in [4.78, 5) is 22.6. The van der Waals surface area contributed by atoms with Gasteiger partial charge in [0.1, 0.15) is 18.3 Å². The van der Waals surface area contributed by atoms with Crippen LogP contribution in [0.2, 0.25) is 10.0 Å². The predicted octanol–water partition coefficient (Wildman–Crippen LogP) is -0.390. The van der Waals surface area contributed by atoms with Crippen LogP contribution in [0.25, 0.3) is 0 Å². The van der Waals surface area contributed by atoms with Crippen LogP contribution in [0.1, 0.15) is 11.7 Å². The maximum atomic E-state index is 11.5. The van der Waals surface area contributed by atoms with Crippen LogP contribution < -0.4 is 5.73 Å². The van der Waals surface area contributed by atoms with Gasteiger partial charge in [-0.15, -0.1) is 0 Å². The SMILES string of the molecule is Nc1c(Cl)cc(C(OC2OC(C(=O)O)C(O)C(O)C2O)C(=O)O)cc1Cl. The van der Waals surface area contributed by atoms with Gasteiger partial charge in [-0.25, -0.2) is 9.59 Å². The molecule has 0 spiro atoms. The molecule has 0 aliphatic carbocycles. The molecule has 0 bridgehead atoms. The van der Waals surface area contributed by atoms with Crippen molar-refractivity contribution in [3.63, 3.8) is 0 Å². The smallest absolute Gasteiger partial charge is 0.337 e. The highest BCUT2D eigenvalue weighted by Crippen LogP contribution is 2.34. The largest absolute Gasteiger partial charge is 0.479 e. The van der Waals surface area contributed by atoms with E-state index in [9.17, 15) is 30.0 Å². The Morgan fingerprint density at radius 3 is 2.08 bits per heavy atom. The summed E-state index contributed by atoms with van der Waals surface area (Å²) in [5, 5.41) is 47.6. The Morgan fingerprint density at radius 2 is 1.62 bits per heavy atom. The molecule has 0 radical (unpaired) electrons. The lowest BCUT2D eigenvalue weighted by molar-refractivity contribution is -0.304. The first-order valence-corrected chi connectivity index (χ1v) is 7.85. The van der Waals surface area contributed by atoms with Gasteiger partial charge in [-0.1, -0.05) is 23.2 Å². The second kappa shape index (κ2) is 7.92. The molecule has 26 heavy (non-hydrogen) atoms. The molecule has 1 heterocycles. The minimum absolute atomic E-state index is 0.0136. The van der Waals surface area contributed by atoms with E-state index in [4.69, 9.17) is 43.5 Å². The molecule has 1 aliphatic rings. The number of hydrogen-bond acceptors (Lipinski definition) is 8. The van der Waals surface area contributed by atoms with Crippen LogP contribution in [0.15, 0.2) is 12.1 Å². The first kappa shape index (κ1) is 20.6. The van der Waals surface area contributed by atoms with E-state index in [1.165, 1.54) is 0 Å². The molecule has 7 N–H and O–H groups in total. The number of benzene rings is 1. The summed E-state index contributed by atoms with van der Waals surface area (Å²) in [7, 11) is 0. The zero-order valence-electron chi connectivity index (χ0n) is 12.8. The molecule has 1 aliphatic heterocycles. The molecular weight excluding hydrogens is 397 g/mol. The summed E-state index contributed by atoms with van der Waals surface area (Å²) in [6.07, 6.45) is -11.4. The summed E-state index contributed by atoms with van der Waals surface area (Å²) in [6, 6.07) is 2.33. The lowest BCUT2D eigenvalue weighted by Crippen LogP contribution is -2.60. The van der Waals surface area contributed by atoms with Crippen molar-refractivity contribution in [1.82, 2.24) is 0 Å². The second-order valence-corrected chi connectivity index (χ2v) is 6.30. The highest BCUT2D eigenvalue weighted by molar-refractivity contribution is 6.38. The monoisotopic (exact) mass is 411 g/mol. The van der Waals surface area contributed by atoms with Gasteiger partial charge in [-0.2, -0.15) is 0 Å². The molecule has 1 aromatic rings. The number of ether oxygens (including phenoxy) is 2. The topological polar surface area (TPSA) is 180 Å². The van der Waals surface area contributed by atoms with Crippen LogP contribution >= 0.6 is 23.2 Å². The lowest BCUT2D eigenvalue weighted by atomic mass is 9.99. The molecule has 2 rings (SSSR count). The third-order valence-electron chi connectivity index (χ3n) is 3.71. The number of carbonyl (C=O) groups is 2. The van der Waals surface area contributed by atoms with Gasteiger partial charge in [0.25, 0.3) is 0 Å². The highest BCUT2D eigenvalue weighted by Gasteiger charge is 2.48. The van der Waals surface area contributed by atoms with Gasteiger partial charge >= 0.3 is 11.9 Å². The van der Waals surface area contributed by atoms with Crippen LogP contribution in [0.4, 0.5) is 5.69 Å². The summed E-state index contributed by atoms with van der Waals surface area (Å²) in [6.45, 7) is 0. The summed E-state index contributed by atoms with van der Waals surface area (Å²) in [5.74, 6) is -3.17. The number of nitrogen functional groups attached to an aromatic ring is 1. The number of aliphatic carboxylic acids is 2. The van der Waals surface area contributed by atoms with Crippen molar-refractivity contribution in [2.75, 3.05) is 5.73 Å². The molecule has 0 amide bonds. The van der Waals surface area contributed by atoms with Crippen LogP contribution in [0.3, 0.4) is 0 Å². The fraction of sp³-hybridized carbons (Fsp3) is 0.429. The first-order chi connectivity index (χ1) is 12.0. The van der Waals surface area contributed by atoms with Crippen molar-refractivity contribution in [2.45, 2.75) is 36.8 Å². The summed E-state index contributed by atoms with van der Waals surface area (Å²) < 4.78 is 10.0. The molecule has 6 atom stereocenters. The Bertz CT molecular complexity index is 693. The van der Waals surface area contributed by atoms with Gasteiger partial charge in [0.15, 0.2) is 18.5 Å². The van der Waals surface area contributed by atoms with Crippen molar-refractivity contribution < 1.29 is 44.6 Å². The van der Waals surface area contributed by atoms with Crippen LogP contribution in [0, 0.1) is 0 Å². The molecule has 12 heteroatoms. The summed E-state index contributed by atoms with van der Waals surface area (Å²) in [5.41, 5.74) is 5.52. The van der Waals surface area contributed by atoms with Gasteiger partial charge in [0.2, 0.25) is 0 Å². The molecule has 0 saturated carbocycles. The van der Waals surface area contributed by atoms with Crippen molar-refractivity contribution in [2.24, 2.45) is 0 Å². The fourth-order valence-corrected chi connectivity index (χ4v) is 2.84. The Labute approximate surface area is 156 Å². The molecular formula is C14H15Cl2NO9. The fourth-order valence-electron chi connectivity index (χ4n) is 2.33. The number of carboxylic acids is 2. The van der Waals surface area contributed by atoms with Gasteiger partial charge in [0.05, 0.1) is 15.7 Å². The number of rotatable bonds is 5. The third kappa shape index (κ3) is 4.01. The van der Waals surface area contributed by atoms with E-state index in [2.05, 4.69) is 0 Å². The number of nitrogens with two attached hydrogens (primary N) is 1. The van der Waals surface area contributed by atoms with E-state index in [0.717, 1.165) is 12.1 Å². The molecule has 144 valence electrons. The molecule has 0 aromatic heterocycles. The Balaban J connectivity index is 2.32. The molecule has 1 saturated heterocycles. The second-order valence-electron chi connectivity index (χ2n) is 5.49. The van der Waals surface area contributed by atoms with Gasteiger partial charge in [-0.05, 0) is 17.7 Å². The van der Waals surface area contributed by atoms with E-state index in [1.54, 1.807) is 0 Å². The number of carboxylic acid groups (broad SMARTS) is 2. The van der Waals surface area contributed by atoms with E-state index < -0.39 is 48.7 Å². The van der Waals surface area contributed by atoms with E-state index in [0.29, 0.717) is 0 Å². The molecule has 1 aromatic carbocycles. The Hall–Kier alpha value is -1.66. The number of aliphatic hydroxyl groups excluding tert-OH is 3. The van der Waals surface area contributed by atoms with E-state index in [1.807, 2.05) is 0 Å². The maximum absolute atomic E-state index is 11.5. The quantitative estimate of drug-likeness (QED) is 0.349. The zero-order valence-corrected chi connectivity index (χ0v) is 14.3. The highest BCUT2D eigenvalue weighted by atomic mass is 35.5. The number of hydrogen-bond donors (Lipinski definition) is 6.